The van der Waals surface area contributed by atoms with Gasteiger partial charge in [0.2, 0.25) is 0 Å². The van der Waals surface area contributed by atoms with Crippen molar-refractivity contribution in [1.82, 2.24) is 0 Å². The van der Waals surface area contributed by atoms with Crippen LogP contribution in [0.15, 0.2) is 34.5 Å². The fraction of sp³-hybridized carbons (Fsp3) is 0.593. The van der Waals surface area contributed by atoms with Crippen LogP contribution in [0.4, 0.5) is 0 Å². The van der Waals surface area contributed by atoms with E-state index < -0.39 is 11.8 Å². The molecule has 0 N–H and O–H groups in total. The van der Waals surface area contributed by atoms with Crippen molar-refractivity contribution in [1.29, 1.82) is 0 Å². The minimum atomic E-state index is -0.670. The summed E-state index contributed by atoms with van der Waals surface area (Å²) in [4.78, 5) is 31.9. The normalized spacial score (nSPS) is 25.2. The highest BCUT2D eigenvalue weighted by Gasteiger charge is 2.47. The fourth-order valence-corrected chi connectivity index (χ4v) is 5.66. The zero-order valence-corrected chi connectivity index (χ0v) is 20.4. The number of esters is 1. The summed E-state index contributed by atoms with van der Waals surface area (Å²) < 4.78 is 17.3. The van der Waals surface area contributed by atoms with Gasteiger partial charge in [-0.2, -0.15) is 0 Å². The zero-order valence-electron chi connectivity index (χ0n) is 20.4. The SMILES string of the molecule is COc1cccc([C@@H]2C3=C(CC(C)(C)CC3=O)N=C(C)C2C(=O)OC2CCCCC2)c1OC. The lowest BCUT2D eigenvalue weighted by Gasteiger charge is -2.39. The van der Waals surface area contributed by atoms with Crippen molar-refractivity contribution in [3.8, 4) is 11.5 Å². The second-order valence-electron chi connectivity index (χ2n) is 10.3. The summed E-state index contributed by atoms with van der Waals surface area (Å²) in [7, 11) is 3.17. The van der Waals surface area contributed by atoms with E-state index in [1.165, 1.54) is 6.42 Å². The molecule has 0 radical (unpaired) electrons. The van der Waals surface area contributed by atoms with Gasteiger partial charge in [-0.25, -0.2) is 0 Å². The van der Waals surface area contributed by atoms with Gasteiger partial charge in [0.05, 0.1) is 14.2 Å². The van der Waals surface area contributed by atoms with Gasteiger partial charge in [0.15, 0.2) is 17.3 Å². The van der Waals surface area contributed by atoms with E-state index in [4.69, 9.17) is 19.2 Å². The summed E-state index contributed by atoms with van der Waals surface area (Å²) in [6.07, 6.45) is 6.17. The van der Waals surface area contributed by atoms with Crippen molar-refractivity contribution in [3.05, 3.63) is 35.0 Å². The third kappa shape index (κ3) is 4.57. The highest BCUT2D eigenvalue weighted by molar-refractivity contribution is 6.09. The summed E-state index contributed by atoms with van der Waals surface area (Å²) >= 11 is 0. The van der Waals surface area contributed by atoms with E-state index in [0.717, 1.165) is 36.9 Å². The molecule has 6 nitrogen and oxygen atoms in total. The Morgan fingerprint density at radius 1 is 1.06 bits per heavy atom. The first-order valence-corrected chi connectivity index (χ1v) is 12.0. The summed E-state index contributed by atoms with van der Waals surface area (Å²) in [6, 6.07) is 5.62. The maximum atomic E-state index is 13.6. The molecule has 178 valence electrons. The van der Waals surface area contributed by atoms with Crippen molar-refractivity contribution in [2.24, 2.45) is 16.3 Å². The largest absolute Gasteiger partial charge is 0.493 e. The number of para-hydroxylation sites is 1. The lowest BCUT2D eigenvalue weighted by atomic mass is 9.66. The highest BCUT2D eigenvalue weighted by Crippen LogP contribution is 2.51. The number of methoxy groups -OCH3 is 2. The van der Waals surface area contributed by atoms with Crippen LogP contribution in [0.3, 0.4) is 0 Å². The average molecular weight is 454 g/mol. The maximum absolute atomic E-state index is 13.6. The number of hydrogen-bond acceptors (Lipinski definition) is 6. The molecular weight excluding hydrogens is 418 g/mol. The van der Waals surface area contributed by atoms with E-state index in [-0.39, 0.29) is 23.3 Å². The van der Waals surface area contributed by atoms with Crippen LogP contribution in [0.2, 0.25) is 0 Å². The Bertz CT molecular complexity index is 1000. The minimum absolute atomic E-state index is 0.0443. The summed E-state index contributed by atoms with van der Waals surface area (Å²) in [5.74, 6) is -0.330. The third-order valence-corrected chi connectivity index (χ3v) is 7.16. The minimum Gasteiger partial charge on any atom is -0.493 e. The first-order chi connectivity index (χ1) is 15.8. The Morgan fingerprint density at radius 3 is 2.45 bits per heavy atom. The van der Waals surface area contributed by atoms with Crippen molar-refractivity contribution in [2.75, 3.05) is 14.2 Å². The van der Waals surface area contributed by atoms with E-state index in [1.807, 2.05) is 25.1 Å². The van der Waals surface area contributed by atoms with E-state index in [2.05, 4.69) is 13.8 Å². The Hall–Kier alpha value is -2.63. The first-order valence-electron chi connectivity index (χ1n) is 12.0. The molecule has 1 fully saturated rings. The topological polar surface area (TPSA) is 74.2 Å². The molecule has 0 spiro atoms. The summed E-state index contributed by atoms with van der Waals surface area (Å²) in [5, 5.41) is 0. The lowest BCUT2D eigenvalue weighted by Crippen LogP contribution is -2.40. The van der Waals surface area contributed by atoms with Gasteiger partial charge in [-0.3, -0.25) is 14.6 Å². The molecule has 1 saturated carbocycles. The quantitative estimate of drug-likeness (QED) is 0.558. The number of allylic oxidation sites excluding steroid dienone is 2. The Morgan fingerprint density at radius 2 is 1.79 bits per heavy atom. The first kappa shape index (κ1) is 23.5. The van der Waals surface area contributed by atoms with Gasteiger partial charge in [-0.05, 0) is 50.5 Å². The van der Waals surface area contributed by atoms with Crippen LogP contribution >= 0.6 is 0 Å². The van der Waals surface area contributed by atoms with Crippen molar-refractivity contribution in [2.45, 2.75) is 77.7 Å². The number of benzene rings is 1. The van der Waals surface area contributed by atoms with E-state index in [1.54, 1.807) is 14.2 Å². The molecule has 0 saturated heterocycles. The van der Waals surface area contributed by atoms with Crippen LogP contribution in [0.25, 0.3) is 0 Å². The van der Waals surface area contributed by atoms with Gasteiger partial charge in [0, 0.05) is 34.9 Å². The maximum Gasteiger partial charge on any atom is 0.315 e. The molecule has 1 unspecified atom stereocenters. The zero-order chi connectivity index (χ0) is 23.8. The van der Waals surface area contributed by atoms with Crippen molar-refractivity contribution >= 4 is 17.5 Å². The van der Waals surface area contributed by atoms with Crippen LogP contribution in [0.1, 0.15) is 77.2 Å². The van der Waals surface area contributed by atoms with E-state index in [0.29, 0.717) is 35.6 Å². The Kier molecular flexibility index (Phi) is 6.64. The van der Waals surface area contributed by atoms with Crippen LogP contribution in [0, 0.1) is 11.3 Å². The molecule has 6 heteroatoms. The molecule has 2 aliphatic carbocycles. The smallest absolute Gasteiger partial charge is 0.315 e. The van der Waals surface area contributed by atoms with Crippen LogP contribution in [-0.2, 0) is 14.3 Å². The number of hydrogen-bond donors (Lipinski definition) is 0. The molecule has 0 bridgehead atoms. The van der Waals surface area contributed by atoms with Gasteiger partial charge < -0.3 is 14.2 Å². The lowest BCUT2D eigenvalue weighted by molar-refractivity contribution is -0.153. The number of rotatable bonds is 5. The average Bonchev–Trinajstić information content (AvgIpc) is 2.77. The van der Waals surface area contributed by atoms with Gasteiger partial charge in [-0.15, -0.1) is 0 Å². The molecule has 33 heavy (non-hydrogen) atoms. The van der Waals surface area contributed by atoms with Crippen LogP contribution in [-0.4, -0.2) is 37.8 Å². The summed E-state index contributed by atoms with van der Waals surface area (Å²) in [6.45, 7) is 6.05. The molecule has 2 atom stereocenters. The van der Waals surface area contributed by atoms with E-state index >= 15 is 0 Å². The molecule has 1 heterocycles. The van der Waals surface area contributed by atoms with Crippen LogP contribution in [0.5, 0.6) is 11.5 Å². The number of ketones is 1. The Balaban J connectivity index is 1.83. The van der Waals surface area contributed by atoms with Crippen LogP contribution < -0.4 is 9.47 Å². The molecule has 4 rings (SSSR count). The summed E-state index contributed by atoms with van der Waals surface area (Å²) in [5.41, 5.74) is 2.69. The molecule has 1 aromatic carbocycles. The van der Waals surface area contributed by atoms with Gasteiger partial charge in [-0.1, -0.05) is 32.4 Å². The molecule has 0 amide bonds. The number of carbonyl (C=O) groups is 2. The number of carbonyl (C=O) groups excluding carboxylic acids is 2. The molecule has 0 aromatic heterocycles. The molecular formula is C27H35NO5. The van der Waals surface area contributed by atoms with Gasteiger partial charge in [0.1, 0.15) is 12.0 Å². The Labute approximate surface area is 196 Å². The van der Waals surface area contributed by atoms with Gasteiger partial charge in [0.25, 0.3) is 0 Å². The number of Topliss-reactive ketones (excluding diaryl/α,β-unsaturated/α-hetero) is 1. The molecule has 1 aromatic rings. The standard InChI is InChI=1S/C27H35NO5/c1-16-22(26(30)33-17-10-7-6-8-11-17)23(18-12-9-13-21(31-4)25(18)32-5)24-19(28-16)14-27(2,3)15-20(24)29/h9,12-13,17,22-23H,6-8,10-11,14-15H2,1-5H3/t22?,23-/m0/s1. The highest BCUT2D eigenvalue weighted by atomic mass is 16.5. The van der Waals surface area contributed by atoms with Crippen molar-refractivity contribution in [3.63, 3.8) is 0 Å². The fourth-order valence-electron chi connectivity index (χ4n) is 5.66. The monoisotopic (exact) mass is 453 g/mol. The van der Waals surface area contributed by atoms with Crippen molar-refractivity contribution < 1.29 is 23.8 Å². The predicted molar refractivity (Wildman–Crippen MR) is 127 cm³/mol. The number of ether oxygens (including phenoxy) is 3. The second-order valence-corrected chi connectivity index (χ2v) is 10.3. The predicted octanol–water partition coefficient (Wildman–Crippen LogP) is 5.40. The third-order valence-electron chi connectivity index (χ3n) is 7.16. The molecule has 3 aliphatic rings. The number of nitrogens with zero attached hydrogens (tertiary/aromatic N) is 1. The van der Waals surface area contributed by atoms with Gasteiger partial charge >= 0.3 is 5.97 Å². The second kappa shape index (κ2) is 9.32. The number of aliphatic imine (C=N–C) groups is 1. The van der Waals surface area contributed by atoms with E-state index in [9.17, 15) is 9.59 Å². The molecule has 1 aliphatic heterocycles.